The van der Waals surface area contributed by atoms with Gasteiger partial charge in [0.25, 0.3) is 0 Å². The molecule has 0 spiro atoms. The Kier molecular flexibility index (Phi) is 6.44. The number of aromatic amines is 1. The highest BCUT2D eigenvalue weighted by Crippen LogP contribution is 1.54. The van der Waals surface area contributed by atoms with E-state index in [0.717, 1.165) is 0 Å². The van der Waals surface area contributed by atoms with Crippen LogP contribution in [-0.2, 0) is 0 Å². The summed E-state index contributed by atoms with van der Waals surface area (Å²) in [6.07, 6.45) is 1.86. The third kappa shape index (κ3) is 5.69. The Hall–Kier alpha value is -0.306. The van der Waals surface area contributed by atoms with Gasteiger partial charge in [-0.2, -0.15) is 0 Å². The molecule has 0 unspecified atom stereocenters. The smallest absolute Gasteiger partial charge is 0.167 e. The first kappa shape index (κ1) is 7.69. The van der Waals surface area contributed by atoms with Crippen LogP contribution in [0.1, 0.15) is 0 Å². The molecule has 1 aromatic rings. The second kappa shape index (κ2) is 6.69. The summed E-state index contributed by atoms with van der Waals surface area (Å²) in [6.45, 7) is 0. The monoisotopic (exact) mass is 146 g/mol. The van der Waals surface area contributed by atoms with E-state index in [4.69, 9.17) is 10.8 Å². The molecule has 5 N–H and O–H groups in total. The lowest BCUT2D eigenvalue weighted by Crippen LogP contribution is -2.15. The summed E-state index contributed by atoms with van der Waals surface area (Å²) in [6, 6.07) is 0. The fourth-order valence-electron chi connectivity index (χ4n) is 0.215. The predicted octanol–water partition coefficient (Wildman–Crippen LogP) is -2.62. The van der Waals surface area contributed by atoms with Gasteiger partial charge < -0.3 is 10.8 Å². The Morgan fingerprint density at radius 2 is 2.25 bits per heavy atom. The average molecular weight is 146 g/mol. The minimum Gasteiger partial charge on any atom is -0.344 e. The Morgan fingerprint density at radius 1 is 1.62 bits per heavy atom. The Bertz CT molecular complexity index is 78.9. The van der Waals surface area contributed by atoms with Crippen LogP contribution in [0.3, 0.4) is 0 Å². The number of hydrogen-bond acceptors (Lipinski definition) is 3. The molecule has 0 radical (unpaired) electrons. The van der Waals surface area contributed by atoms with Crippen LogP contribution in [-0.4, -0.2) is 29.0 Å². The molecule has 0 fully saturated rings. The van der Waals surface area contributed by atoms with E-state index < -0.39 is 9.84 Å². The lowest BCUT2D eigenvalue weighted by molar-refractivity contribution is 1.15. The van der Waals surface area contributed by atoms with Crippen molar-refractivity contribution in [3.8, 4) is 0 Å². The zero-order valence-corrected chi connectivity index (χ0v) is 7.11. The van der Waals surface area contributed by atoms with Crippen LogP contribution < -0.4 is 10.8 Å². The lowest BCUT2D eigenvalue weighted by Gasteiger charge is -1.53. The van der Waals surface area contributed by atoms with Gasteiger partial charge >= 0.3 is 0 Å². The normalized spacial score (nSPS) is 7.25. The summed E-state index contributed by atoms with van der Waals surface area (Å²) in [7, 11) is -0.324. The van der Waals surface area contributed by atoms with E-state index >= 15 is 0 Å². The number of rotatable bonds is 0. The van der Waals surface area contributed by atoms with Crippen LogP contribution >= 0.6 is 0 Å². The second-order valence-electron chi connectivity index (χ2n) is 1.00. The number of hydrogen-bond donors (Lipinski definition) is 3. The van der Waals surface area contributed by atoms with Gasteiger partial charge in [-0.15, -0.1) is 0 Å². The summed E-state index contributed by atoms with van der Waals surface area (Å²) in [5.74, 6) is 0. The van der Waals surface area contributed by atoms with Crippen LogP contribution in [0.15, 0.2) is 11.9 Å². The first-order valence-electron chi connectivity index (χ1n) is 2.25. The van der Waals surface area contributed by atoms with Crippen molar-refractivity contribution < 1.29 is 0 Å². The fourth-order valence-corrected chi connectivity index (χ4v) is 0.645. The molecule has 0 aliphatic rings. The van der Waals surface area contributed by atoms with Crippen LogP contribution in [0.4, 0.5) is 0 Å². The van der Waals surface area contributed by atoms with Gasteiger partial charge in [0.05, 0.1) is 0 Å². The molecule has 0 aromatic carbocycles. The number of aromatic nitrogens is 2. The summed E-state index contributed by atoms with van der Waals surface area (Å²) in [5, 5.41) is 12.2. The van der Waals surface area contributed by atoms with Gasteiger partial charge in [-0.25, -0.2) is 4.75 Å². The fraction of sp³-hybridized carbons (Fsp3) is 0. The molecule has 0 aliphatic carbocycles. The number of nitrogens with two attached hydrogens (primary N) is 2. The number of H-pyrrole nitrogens is 1. The molecular formula is C2H10N4Si2. The molecular weight excluding hydrogens is 136 g/mol. The van der Waals surface area contributed by atoms with Crippen molar-refractivity contribution in [2.45, 2.75) is 0 Å². The van der Waals surface area contributed by atoms with Gasteiger partial charge in [0.1, 0.15) is 0 Å². The van der Waals surface area contributed by atoms with Crippen molar-refractivity contribution >= 4 is 19.1 Å². The van der Waals surface area contributed by atoms with Gasteiger partial charge in [-0.1, -0.05) is 0 Å². The van der Waals surface area contributed by atoms with E-state index in [1.54, 1.807) is 0 Å². The summed E-state index contributed by atoms with van der Waals surface area (Å²) >= 11 is 0. The molecule has 8 heavy (non-hydrogen) atoms. The zero-order valence-electron chi connectivity index (χ0n) is 4.54. The zero-order chi connectivity index (χ0) is 6.24. The molecule has 0 atom stereocenters. The largest absolute Gasteiger partial charge is 0.344 e. The van der Waals surface area contributed by atoms with E-state index in [2.05, 4.69) is 9.85 Å². The average Bonchev–Trinajstić information content (AvgIpc) is 2.17. The number of nitrogens with one attached hydrogen (secondary N) is 1. The second-order valence-corrected chi connectivity index (χ2v) is 2.41. The summed E-state index contributed by atoms with van der Waals surface area (Å²) in [5.41, 5.74) is 2.04. The van der Waals surface area contributed by atoms with E-state index in [1.807, 2.05) is 11.9 Å². The molecule has 0 bridgehead atoms. The molecule has 0 saturated carbocycles. The molecule has 1 rings (SSSR count). The van der Waals surface area contributed by atoms with Gasteiger partial charge in [0.15, 0.2) is 19.1 Å². The van der Waals surface area contributed by atoms with E-state index in [9.17, 15) is 0 Å². The highest BCUT2D eigenvalue weighted by Gasteiger charge is 1.58. The van der Waals surface area contributed by atoms with Crippen molar-refractivity contribution in [2.75, 3.05) is 0 Å². The maximum atomic E-state index is 4.76. The van der Waals surface area contributed by atoms with Gasteiger partial charge in [0.2, 0.25) is 0 Å². The molecule has 46 valence electrons. The Morgan fingerprint density at radius 3 is 2.38 bits per heavy atom. The van der Waals surface area contributed by atoms with Crippen molar-refractivity contribution in [1.82, 2.24) is 9.85 Å². The topological polar surface area (TPSA) is 80.7 Å². The highest BCUT2D eigenvalue weighted by atomic mass is 28.2. The van der Waals surface area contributed by atoms with Crippen molar-refractivity contribution in [3.05, 3.63) is 11.9 Å². The maximum absolute atomic E-state index is 4.76. The SMILES string of the molecule is N[SiH2]N.c1c[siH]n[nH]1. The molecule has 0 aliphatic heterocycles. The summed E-state index contributed by atoms with van der Waals surface area (Å²) in [4.78, 5) is 0. The molecule has 1 aromatic heterocycles. The van der Waals surface area contributed by atoms with Gasteiger partial charge in [-0.05, 0) is 5.68 Å². The van der Waals surface area contributed by atoms with Crippen LogP contribution in [0.5, 0.6) is 0 Å². The number of nitrogens with zero attached hydrogens (tertiary/aromatic N) is 1. The minimum absolute atomic E-state index is 0.259. The van der Waals surface area contributed by atoms with E-state index in [-0.39, 0.29) is 9.29 Å². The van der Waals surface area contributed by atoms with Crippen molar-refractivity contribution in [3.63, 3.8) is 0 Å². The van der Waals surface area contributed by atoms with E-state index in [0.29, 0.717) is 0 Å². The van der Waals surface area contributed by atoms with Gasteiger partial charge in [0, 0.05) is 6.20 Å². The van der Waals surface area contributed by atoms with E-state index in [1.165, 1.54) is 0 Å². The molecule has 6 heteroatoms. The molecule has 0 amide bonds. The first-order valence-corrected chi connectivity index (χ1v) is 5.07. The van der Waals surface area contributed by atoms with Crippen LogP contribution in [0, 0.1) is 0 Å². The molecule has 4 nitrogen and oxygen atoms in total. The first-order chi connectivity index (χ1) is 3.91. The Balaban J connectivity index is 0.000000145. The third-order valence-electron chi connectivity index (χ3n) is 0.406. The lowest BCUT2D eigenvalue weighted by atomic mass is 11.0. The third-order valence-corrected chi connectivity index (χ3v) is 1.07. The van der Waals surface area contributed by atoms with Gasteiger partial charge in [-0.3, -0.25) is 5.10 Å². The maximum Gasteiger partial charge on any atom is 0.167 e. The van der Waals surface area contributed by atoms with Crippen LogP contribution in [0.2, 0.25) is 0 Å². The van der Waals surface area contributed by atoms with Crippen molar-refractivity contribution in [2.24, 2.45) is 10.8 Å². The van der Waals surface area contributed by atoms with Crippen LogP contribution in [0.25, 0.3) is 0 Å². The molecule has 0 saturated heterocycles. The molecule has 1 heterocycles. The van der Waals surface area contributed by atoms with Crippen molar-refractivity contribution in [1.29, 1.82) is 0 Å². The Labute approximate surface area is 52.5 Å². The predicted molar refractivity (Wildman–Crippen MR) is 38.2 cm³/mol. The standard InChI is InChI=1S/C2H4N2Si.H6N2Si/c1-2-5-4-3-1;1-3-2/h1-3,5H;1-3H2. The summed E-state index contributed by atoms with van der Waals surface area (Å²) < 4.78 is 3.81. The highest BCUT2D eigenvalue weighted by molar-refractivity contribution is 6.26. The minimum atomic E-state index is -0.583. The quantitative estimate of drug-likeness (QED) is 0.351.